The Kier molecular flexibility index (Phi) is 5.15. The van der Waals surface area contributed by atoms with E-state index in [-0.39, 0.29) is 5.56 Å². The van der Waals surface area contributed by atoms with Crippen molar-refractivity contribution >= 4 is 27.9 Å². The Bertz CT molecular complexity index is 458. The first-order valence-electron chi connectivity index (χ1n) is 5.38. The van der Waals surface area contributed by atoms with Crippen LogP contribution in [0, 0.1) is 0 Å². The predicted molar refractivity (Wildman–Crippen MR) is 68.1 cm³/mol. The molecule has 1 rings (SSSR count). The monoisotopic (exact) mass is 316 g/mol. The maximum absolute atomic E-state index is 10.9. The summed E-state index contributed by atoms with van der Waals surface area (Å²) in [5, 5.41) is 17.8. The SMILES string of the molecule is CCCC(Oc1ccc(C(=O)O)cc1Br)C(=O)O. The predicted octanol–water partition coefficient (Wildman–Crippen LogP) is 2.78. The molecule has 0 saturated carbocycles. The quantitative estimate of drug-likeness (QED) is 0.843. The smallest absolute Gasteiger partial charge is 0.344 e. The Hall–Kier alpha value is -1.56. The van der Waals surface area contributed by atoms with E-state index in [2.05, 4.69) is 15.9 Å². The third kappa shape index (κ3) is 3.73. The maximum atomic E-state index is 10.9. The fourth-order valence-electron chi connectivity index (χ4n) is 1.38. The summed E-state index contributed by atoms with van der Waals surface area (Å²) < 4.78 is 5.76. The second-order valence-electron chi connectivity index (χ2n) is 3.68. The van der Waals surface area contributed by atoms with Crippen LogP contribution in [0.25, 0.3) is 0 Å². The summed E-state index contributed by atoms with van der Waals surface area (Å²) in [6.45, 7) is 1.86. The first kappa shape index (κ1) is 14.5. The van der Waals surface area contributed by atoms with Gasteiger partial charge in [-0.15, -0.1) is 0 Å². The van der Waals surface area contributed by atoms with Crippen molar-refractivity contribution in [2.24, 2.45) is 0 Å². The first-order valence-corrected chi connectivity index (χ1v) is 6.17. The summed E-state index contributed by atoms with van der Waals surface area (Å²) in [6, 6.07) is 4.19. The van der Waals surface area contributed by atoms with Crippen LogP contribution in [0.2, 0.25) is 0 Å². The molecule has 5 nitrogen and oxygen atoms in total. The van der Waals surface area contributed by atoms with E-state index in [0.717, 1.165) is 0 Å². The number of carbonyl (C=O) groups is 2. The molecular weight excluding hydrogens is 304 g/mol. The molecule has 1 atom stereocenters. The molecule has 2 N–H and O–H groups in total. The molecule has 1 aromatic rings. The van der Waals surface area contributed by atoms with Crippen molar-refractivity contribution in [2.45, 2.75) is 25.9 Å². The van der Waals surface area contributed by atoms with Crippen molar-refractivity contribution in [1.82, 2.24) is 0 Å². The third-order valence-corrected chi connectivity index (χ3v) is 2.89. The van der Waals surface area contributed by atoms with Gasteiger partial charge in [-0.25, -0.2) is 9.59 Å². The minimum atomic E-state index is -1.05. The van der Waals surface area contributed by atoms with Crippen LogP contribution in [0.5, 0.6) is 5.75 Å². The normalized spacial score (nSPS) is 11.9. The molecule has 0 heterocycles. The van der Waals surface area contributed by atoms with Crippen molar-refractivity contribution in [3.8, 4) is 5.75 Å². The third-order valence-electron chi connectivity index (χ3n) is 2.27. The Balaban J connectivity index is 2.90. The van der Waals surface area contributed by atoms with E-state index in [9.17, 15) is 9.59 Å². The standard InChI is InChI=1S/C12H13BrO5/c1-2-3-10(12(16)17)18-9-5-4-7(11(14)15)6-8(9)13/h4-6,10H,2-3H2,1H3,(H,14,15)(H,16,17). The van der Waals surface area contributed by atoms with Crippen LogP contribution in [0.4, 0.5) is 0 Å². The van der Waals surface area contributed by atoms with Gasteiger partial charge >= 0.3 is 11.9 Å². The lowest BCUT2D eigenvalue weighted by Gasteiger charge is -2.15. The topological polar surface area (TPSA) is 83.8 Å². The van der Waals surface area contributed by atoms with Gasteiger partial charge in [0.05, 0.1) is 10.0 Å². The van der Waals surface area contributed by atoms with Crippen LogP contribution >= 0.6 is 15.9 Å². The zero-order valence-electron chi connectivity index (χ0n) is 9.72. The van der Waals surface area contributed by atoms with Crippen LogP contribution in [0.1, 0.15) is 30.1 Å². The maximum Gasteiger partial charge on any atom is 0.344 e. The van der Waals surface area contributed by atoms with Gasteiger partial charge in [0.25, 0.3) is 0 Å². The lowest BCUT2D eigenvalue weighted by molar-refractivity contribution is -0.145. The number of rotatable bonds is 6. The number of ether oxygens (including phenoxy) is 1. The lowest BCUT2D eigenvalue weighted by atomic mass is 10.2. The van der Waals surface area contributed by atoms with Crippen LogP contribution < -0.4 is 4.74 Å². The van der Waals surface area contributed by atoms with Crippen LogP contribution in [-0.2, 0) is 4.79 Å². The van der Waals surface area contributed by atoms with Gasteiger partial charge in [-0.2, -0.15) is 0 Å². The molecule has 0 amide bonds. The molecule has 0 fully saturated rings. The number of aliphatic carboxylic acids is 1. The molecule has 0 aromatic heterocycles. The molecule has 0 bridgehead atoms. The average molecular weight is 317 g/mol. The average Bonchev–Trinajstić information content (AvgIpc) is 2.30. The number of carboxylic acids is 2. The zero-order chi connectivity index (χ0) is 13.7. The molecule has 0 aliphatic heterocycles. The van der Waals surface area contributed by atoms with Crippen molar-refractivity contribution in [3.05, 3.63) is 28.2 Å². The number of hydrogen-bond acceptors (Lipinski definition) is 3. The van der Waals surface area contributed by atoms with Crippen molar-refractivity contribution in [2.75, 3.05) is 0 Å². The summed E-state index contributed by atoms with van der Waals surface area (Å²) >= 11 is 3.16. The fraction of sp³-hybridized carbons (Fsp3) is 0.333. The second-order valence-corrected chi connectivity index (χ2v) is 4.54. The lowest BCUT2D eigenvalue weighted by Crippen LogP contribution is -2.26. The summed E-state index contributed by atoms with van der Waals surface area (Å²) in [4.78, 5) is 21.7. The van der Waals surface area contributed by atoms with Gasteiger partial charge in [0, 0.05) is 0 Å². The number of carboxylic acid groups (broad SMARTS) is 2. The van der Waals surface area contributed by atoms with Gasteiger partial charge in [0.2, 0.25) is 0 Å². The summed E-state index contributed by atoms with van der Waals surface area (Å²) in [7, 11) is 0. The first-order chi connectivity index (χ1) is 8.45. The van der Waals surface area contributed by atoms with Crippen LogP contribution in [-0.4, -0.2) is 28.3 Å². The molecule has 0 saturated heterocycles. The molecule has 0 spiro atoms. The van der Waals surface area contributed by atoms with E-state index in [1.54, 1.807) is 0 Å². The van der Waals surface area contributed by atoms with E-state index in [1.165, 1.54) is 18.2 Å². The van der Waals surface area contributed by atoms with E-state index in [1.807, 2.05) is 6.92 Å². The van der Waals surface area contributed by atoms with Gasteiger partial charge in [-0.3, -0.25) is 0 Å². The Labute approximate surface area is 113 Å². The Morgan fingerprint density at radius 1 is 1.39 bits per heavy atom. The van der Waals surface area contributed by atoms with Crippen LogP contribution in [0.15, 0.2) is 22.7 Å². The van der Waals surface area contributed by atoms with Gasteiger partial charge < -0.3 is 14.9 Å². The highest BCUT2D eigenvalue weighted by atomic mass is 79.9. The van der Waals surface area contributed by atoms with E-state index in [0.29, 0.717) is 23.1 Å². The van der Waals surface area contributed by atoms with Crippen molar-refractivity contribution in [1.29, 1.82) is 0 Å². The number of halogens is 1. The van der Waals surface area contributed by atoms with Crippen molar-refractivity contribution in [3.63, 3.8) is 0 Å². The van der Waals surface area contributed by atoms with Gasteiger partial charge in [0.1, 0.15) is 5.75 Å². The van der Waals surface area contributed by atoms with Crippen molar-refractivity contribution < 1.29 is 24.5 Å². The molecule has 6 heteroatoms. The molecule has 98 valence electrons. The molecule has 0 aliphatic carbocycles. The summed E-state index contributed by atoms with van der Waals surface area (Å²) in [5.41, 5.74) is 0.108. The van der Waals surface area contributed by atoms with E-state index >= 15 is 0 Å². The number of benzene rings is 1. The van der Waals surface area contributed by atoms with Gasteiger partial charge in [-0.1, -0.05) is 13.3 Å². The minimum Gasteiger partial charge on any atom is -0.479 e. The molecule has 18 heavy (non-hydrogen) atoms. The molecule has 1 unspecified atom stereocenters. The van der Waals surface area contributed by atoms with E-state index in [4.69, 9.17) is 14.9 Å². The van der Waals surface area contributed by atoms with E-state index < -0.39 is 18.0 Å². The zero-order valence-corrected chi connectivity index (χ0v) is 11.3. The molecular formula is C12H13BrO5. The fourth-order valence-corrected chi connectivity index (χ4v) is 1.85. The van der Waals surface area contributed by atoms with Gasteiger partial charge in [0.15, 0.2) is 6.10 Å². The van der Waals surface area contributed by atoms with Crippen LogP contribution in [0.3, 0.4) is 0 Å². The number of aromatic carboxylic acids is 1. The summed E-state index contributed by atoms with van der Waals surface area (Å²) in [5.74, 6) is -1.77. The Morgan fingerprint density at radius 3 is 2.50 bits per heavy atom. The Morgan fingerprint density at radius 2 is 2.06 bits per heavy atom. The molecule has 1 aromatic carbocycles. The number of hydrogen-bond donors (Lipinski definition) is 2. The largest absolute Gasteiger partial charge is 0.479 e. The summed E-state index contributed by atoms with van der Waals surface area (Å²) in [6.07, 6.45) is 0.145. The highest BCUT2D eigenvalue weighted by molar-refractivity contribution is 9.10. The van der Waals surface area contributed by atoms with Gasteiger partial charge in [-0.05, 0) is 40.5 Å². The highest BCUT2D eigenvalue weighted by Gasteiger charge is 2.19. The molecule has 0 aliphatic rings. The minimum absolute atomic E-state index is 0.108. The molecule has 0 radical (unpaired) electrons. The highest BCUT2D eigenvalue weighted by Crippen LogP contribution is 2.27. The second kappa shape index (κ2) is 6.39.